The van der Waals surface area contributed by atoms with Gasteiger partial charge in [-0.2, -0.15) is 13.2 Å². The Morgan fingerprint density at radius 1 is 1.18 bits per heavy atom. The van der Waals surface area contributed by atoms with Crippen LogP contribution in [0.5, 0.6) is 0 Å². The molecule has 2 aromatic carbocycles. The van der Waals surface area contributed by atoms with E-state index in [0.717, 1.165) is 30.3 Å². The highest BCUT2D eigenvalue weighted by atomic mass is 35.5. The molecule has 1 heterocycles. The first-order chi connectivity index (χ1) is 10.3. The molecule has 2 N–H and O–H groups in total. The maximum absolute atomic E-state index is 12.8. The lowest BCUT2D eigenvalue weighted by molar-refractivity contribution is -0.137. The van der Waals surface area contributed by atoms with Crippen LogP contribution in [0.25, 0.3) is 0 Å². The van der Waals surface area contributed by atoms with Crippen LogP contribution in [0.3, 0.4) is 0 Å². The third kappa shape index (κ3) is 2.86. The SMILES string of the molecule is Nc1cc(Cl)c2c(c1)CCN2Cc1cccc(C(F)(F)F)c1. The van der Waals surface area contributed by atoms with E-state index >= 15 is 0 Å². The molecular weight excluding hydrogens is 313 g/mol. The number of hydrogen-bond acceptors (Lipinski definition) is 2. The number of benzene rings is 2. The van der Waals surface area contributed by atoms with E-state index in [0.29, 0.717) is 22.8 Å². The minimum Gasteiger partial charge on any atom is -0.399 e. The number of alkyl halides is 3. The van der Waals surface area contributed by atoms with Crippen LogP contribution in [0.2, 0.25) is 5.02 Å². The fourth-order valence-corrected chi connectivity index (χ4v) is 3.18. The summed E-state index contributed by atoms with van der Waals surface area (Å²) in [5.74, 6) is 0. The second-order valence-corrected chi connectivity index (χ2v) is 5.79. The number of anilines is 2. The van der Waals surface area contributed by atoms with Crippen LogP contribution in [0, 0.1) is 0 Å². The van der Waals surface area contributed by atoms with Crippen molar-refractivity contribution in [2.24, 2.45) is 0 Å². The van der Waals surface area contributed by atoms with Crippen molar-refractivity contribution in [2.75, 3.05) is 17.2 Å². The van der Waals surface area contributed by atoms with E-state index in [4.69, 9.17) is 17.3 Å². The predicted octanol–water partition coefficient (Wildman–Crippen LogP) is 4.50. The van der Waals surface area contributed by atoms with Gasteiger partial charge in [-0.3, -0.25) is 0 Å². The average Bonchev–Trinajstić information content (AvgIpc) is 2.81. The van der Waals surface area contributed by atoms with Gasteiger partial charge in [-0.1, -0.05) is 23.7 Å². The van der Waals surface area contributed by atoms with Gasteiger partial charge in [-0.05, 0) is 41.8 Å². The van der Waals surface area contributed by atoms with E-state index in [-0.39, 0.29) is 0 Å². The molecule has 6 heteroatoms. The van der Waals surface area contributed by atoms with E-state index in [1.165, 1.54) is 12.1 Å². The molecular formula is C16H14ClF3N2. The van der Waals surface area contributed by atoms with Crippen LogP contribution in [0.1, 0.15) is 16.7 Å². The quantitative estimate of drug-likeness (QED) is 0.823. The molecule has 0 aromatic heterocycles. The van der Waals surface area contributed by atoms with Crippen molar-refractivity contribution in [3.05, 3.63) is 58.1 Å². The molecule has 0 aliphatic carbocycles. The standard InChI is InChI=1S/C16H14ClF3N2/c17-14-8-13(21)7-11-4-5-22(15(11)14)9-10-2-1-3-12(6-10)16(18,19)20/h1-3,6-8H,4-5,9,21H2. The van der Waals surface area contributed by atoms with E-state index < -0.39 is 11.7 Å². The zero-order chi connectivity index (χ0) is 15.9. The molecule has 22 heavy (non-hydrogen) atoms. The number of nitrogen functional groups attached to an aromatic ring is 1. The molecule has 116 valence electrons. The van der Waals surface area contributed by atoms with Crippen LogP contribution in [-0.2, 0) is 19.1 Å². The molecule has 0 radical (unpaired) electrons. The van der Waals surface area contributed by atoms with Gasteiger partial charge < -0.3 is 10.6 Å². The Morgan fingerprint density at radius 3 is 2.68 bits per heavy atom. The van der Waals surface area contributed by atoms with Gasteiger partial charge in [0.15, 0.2) is 0 Å². The van der Waals surface area contributed by atoms with Crippen molar-refractivity contribution in [3.63, 3.8) is 0 Å². The first-order valence-corrected chi connectivity index (χ1v) is 7.21. The first-order valence-electron chi connectivity index (χ1n) is 6.83. The number of nitrogens with zero attached hydrogens (tertiary/aromatic N) is 1. The van der Waals surface area contributed by atoms with Gasteiger partial charge in [-0.15, -0.1) is 0 Å². The Hall–Kier alpha value is -1.88. The summed E-state index contributed by atoms with van der Waals surface area (Å²) in [7, 11) is 0. The van der Waals surface area contributed by atoms with E-state index in [1.807, 2.05) is 11.0 Å². The molecule has 3 rings (SSSR count). The van der Waals surface area contributed by atoms with Crippen LogP contribution in [0.4, 0.5) is 24.5 Å². The number of hydrogen-bond donors (Lipinski definition) is 1. The van der Waals surface area contributed by atoms with Gasteiger partial charge in [0, 0.05) is 18.8 Å². The number of rotatable bonds is 2. The molecule has 1 aliphatic heterocycles. The molecule has 0 saturated heterocycles. The highest BCUT2D eigenvalue weighted by Crippen LogP contribution is 2.38. The van der Waals surface area contributed by atoms with Crippen LogP contribution in [-0.4, -0.2) is 6.54 Å². The monoisotopic (exact) mass is 326 g/mol. The van der Waals surface area contributed by atoms with Crippen LogP contribution < -0.4 is 10.6 Å². The van der Waals surface area contributed by atoms with Gasteiger partial charge in [0.1, 0.15) is 0 Å². The summed E-state index contributed by atoms with van der Waals surface area (Å²) in [4.78, 5) is 1.99. The molecule has 0 atom stereocenters. The molecule has 0 unspecified atom stereocenters. The largest absolute Gasteiger partial charge is 0.416 e. The Balaban J connectivity index is 1.88. The van der Waals surface area contributed by atoms with Crippen molar-refractivity contribution < 1.29 is 13.2 Å². The van der Waals surface area contributed by atoms with Crippen molar-refractivity contribution >= 4 is 23.0 Å². The minimum atomic E-state index is -4.33. The Kier molecular flexibility index (Phi) is 3.68. The zero-order valence-corrected chi connectivity index (χ0v) is 12.4. The molecule has 2 nitrogen and oxygen atoms in total. The summed E-state index contributed by atoms with van der Waals surface area (Å²) in [6.45, 7) is 1.11. The normalized spacial score (nSPS) is 14.3. The lowest BCUT2D eigenvalue weighted by Gasteiger charge is -2.21. The molecule has 0 saturated carbocycles. The second-order valence-electron chi connectivity index (χ2n) is 5.38. The smallest absolute Gasteiger partial charge is 0.399 e. The summed E-state index contributed by atoms with van der Waals surface area (Å²) >= 11 is 6.24. The third-order valence-corrected chi connectivity index (χ3v) is 4.05. The number of nitrogens with two attached hydrogens (primary N) is 1. The van der Waals surface area contributed by atoms with Crippen LogP contribution >= 0.6 is 11.6 Å². The topological polar surface area (TPSA) is 29.3 Å². The Morgan fingerprint density at radius 2 is 1.95 bits per heavy atom. The highest BCUT2D eigenvalue weighted by Gasteiger charge is 2.30. The summed E-state index contributed by atoms with van der Waals surface area (Å²) < 4.78 is 38.3. The lowest BCUT2D eigenvalue weighted by Crippen LogP contribution is -2.20. The van der Waals surface area contributed by atoms with Gasteiger partial charge in [0.2, 0.25) is 0 Å². The highest BCUT2D eigenvalue weighted by molar-refractivity contribution is 6.33. The predicted molar refractivity (Wildman–Crippen MR) is 82.1 cm³/mol. The van der Waals surface area contributed by atoms with Crippen molar-refractivity contribution in [3.8, 4) is 0 Å². The molecule has 0 fully saturated rings. The summed E-state index contributed by atoms with van der Waals surface area (Å²) in [5.41, 5.74) is 8.25. The van der Waals surface area contributed by atoms with Gasteiger partial charge in [0.05, 0.1) is 16.3 Å². The molecule has 0 amide bonds. The van der Waals surface area contributed by atoms with E-state index in [9.17, 15) is 13.2 Å². The van der Waals surface area contributed by atoms with Crippen LogP contribution in [0.15, 0.2) is 36.4 Å². The van der Waals surface area contributed by atoms with E-state index in [1.54, 1.807) is 12.1 Å². The van der Waals surface area contributed by atoms with Gasteiger partial charge in [0.25, 0.3) is 0 Å². The first kappa shape index (κ1) is 15.0. The van der Waals surface area contributed by atoms with Gasteiger partial charge >= 0.3 is 6.18 Å². The lowest BCUT2D eigenvalue weighted by atomic mass is 10.1. The summed E-state index contributed by atoms with van der Waals surface area (Å²) in [5, 5.41) is 0.541. The summed E-state index contributed by atoms with van der Waals surface area (Å²) in [6, 6.07) is 8.93. The Labute approximate surface area is 131 Å². The maximum atomic E-state index is 12.8. The third-order valence-electron chi connectivity index (χ3n) is 3.76. The summed E-state index contributed by atoms with van der Waals surface area (Å²) in [6.07, 6.45) is -3.54. The van der Waals surface area contributed by atoms with E-state index in [2.05, 4.69) is 0 Å². The Bertz CT molecular complexity index is 713. The number of fused-ring (bicyclic) bond motifs is 1. The minimum absolute atomic E-state index is 0.389. The molecule has 2 aromatic rings. The zero-order valence-electron chi connectivity index (χ0n) is 11.6. The average molecular weight is 327 g/mol. The maximum Gasteiger partial charge on any atom is 0.416 e. The van der Waals surface area contributed by atoms with Crippen molar-refractivity contribution in [1.29, 1.82) is 0 Å². The van der Waals surface area contributed by atoms with Gasteiger partial charge in [-0.25, -0.2) is 0 Å². The second kappa shape index (κ2) is 5.39. The molecule has 0 bridgehead atoms. The van der Waals surface area contributed by atoms with Crippen molar-refractivity contribution in [2.45, 2.75) is 19.1 Å². The fourth-order valence-electron chi connectivity index (χ4n) is 2.82. The van der Waals surface area contributed by atoms with Crippen molar-refractivity contribution in [1.82, 2.24) is 0 Å². The number of halogens is 4. The molecule has 1 aliphatic rings. The fraction of sp³-hybridized carbons (Fsp3) is 0.250. The molecule has 0 spiro atoms.